The van der Waals surface area contributed by atoms with Crippen LogP contribution in [0.2, 0.25) is 5.02 Å². The number of benzene rings is 3. The van der Waals surface area contributed by atoms with Gasteiger partial charge in [-0.05, 0) is 78.7 Å². The fourth-order valence-electron chi connectivity index (χ4n) is 2.84. The molecule has 1 N–H and O–H groups in total. The van der Waals surface area contributed by atoms with Crippen molar-refractivity contribution in [3.63, 3.8) is 0 Å². The van der Waals surface area contributed by atoms with Gasteiger partial charge < -0.3 is 19.5 Å². The fourth-order valence-corrected chi connectivity index (χ4v) is 2.97. The summed E-state index contributed by atoms with van der Waals surface area (Å²) < 4.78 is 16.3. The first kappa shape index (κ1) is 23.9. The summed E-state index contributed by atoms with van der Waals surface area (Å²) in [6, 6.07) is 18.5. The largest absolute Gasteiger partial charge is 0.493 e. The number of rotatable bonds is 9. The van der Waals surface area contributed by atoms with E-state index in [1.807, 2.05) is 13.0 Å². The van der Waals surface area contributed by atoms with Gasteiger partial charge in [-0.3, -0.25) is 4.79 Å². The molecule has 3 rings (SSSR count). The lowest BCUT2D eigenvalue weighted by Gasteiger charge is -2.10. The van der Waals surface area contributed by atoms with Crippen molar-refractivity contribution < 1.29 is 23.8 Å². The van der Waals surface area contributed by atoms with Crippen molar-refractivity contribution in [1.29, 1.82) is 0 Å². The summed E-state index contributed by atoms with van der Waals surface area (Å²) in [5.41, 5.74) is 1.83. The topological polar surface area (TPSA) is 73.9 Å². The Labute approximate surface area is 197 Å². The Morgan fingerprint density at radius 1 is 0.970 bits per heavy atom. The summed E-state index contributed by atoms with van der Waals surface area (Å²) in [4.78, 5) is 24.5. The van der Waals surface area contributed by atoms with Crippen LogP contribution in [0.4, 0.5) is 5.69 Å². The number of anilines is 1. The molecule has 3 aromatic carbocycles. The Bertz CT molecular complexity index is 1120. The van der Waals surface area contributed by atoms with Crippen molar-refractivity contribution in [3.8, 4) is 17.2 Å². The van der Waals surface area contributed by atoms with Crippen LogP contribution in [0.3, 0.4) is 0 Å². The van der Waals surface area contributed by atoms with Crippen LogP contribution in [0.25, 0.3) is 6.08 Å². The highest BCUT2D eigenvalue weighted by atomic mass is 35.5. The molecule has 0 aromatic heterocycles. The number of amides is 1. The van der Waals surface area contributed by atoms with Crippen molar-refractivity contribution in [2.24, 2.45) is 0 Å². The van der Waals surface area contributed by atoms with Gasteiger partial charge in [-0.15, -0.1) is 0 Å². The van der Waals surface area contributed by atoms with E-state index in [9.17, 15) is 9.59 Å². The van der Waals surface area contributed by atoms with Crippen LogP contribution in [0, 0.1) is 0 Å². The zero-order valence-corrected chi connectivity index (χ0v) is 19.1. The Morgan fingerprint density at radius 3 is 2.36 bits per heavy atom. The van der Waals surface area contributed by atoms with Crippen LogP contribution in [0.15, 0.2) is 72.8 Å². The maximum absolute atomic E-state index is 12.3. The average molecular weight is 466 g/mol. The maximum Gasteiger partial charge on any atom is 0.336 e. The third kappa shape index (κ3) is 7.12. The van der Waals surface area contributed by atoms with Gasteiger partial charge in [-0.2, -0.15) is 0 Å². The zero-order valence-electron chi connectivity index (χ0n) is 18.3. The smallest absolute Gasteiger partial charge is 0.336 e. The van der Waals surface area contributed by atoms with Crippen LogP contribution < -0.4 is 19.5 Å². The number of nitrogens with one attached hydrogen (secondary N) is 1. The molecule has 0 saturated heterocycles. The monoisotopic (exact) mass is 465 g/mol. The predicted molar refractivity (Wildman–Crippen MR) is 129 cm³/mol. The Balaban J connectivity index is 1.57. The molecule has 0 radical (unpaired) electrons. The first-order valence-electron chi connectivity index (χ1n) is 10.4. The van der Waals surface area contributed by atoms with E-state index in [4.69, 9.17) is 25.8 Å². The minimum atomic E-state index is -0.543. The zero-order chi connectivity index (χ0) is 23.6. The maximum atomic E-state index is 12.3. The number of ether oxygens (including phenoxy) is 3. The number of carbonyl (C=O) groups excluding carboxylic acids is 2. The number of methoxy groups -OCH3 is 1. The number of halogens is 1. The van der Waals surface area contributed by atoms with Crippen LogP contribution in [-0.4, -0.2) is 25.6 Å². The summed E-state index contributed by atoms with van der Waals surface area (Å²) >= 11 is 5.85. The van der Waals surface area contributed by atoms with Gasteiger partial charge in [0.05, 0.1) is 13.7 Å². The predicted octanol–water partition coefficient (Wildman–Crippen LogP) is 6.01. The van der Waals surface area contributed by atoms with Crippen molar-refractivity contribution in [2.75, 3.05) is 19.0 Å². The molecule has 0 aliphatic heterocycles. The third-order valence-electron chi connectivity index (χ3n) is 4.50. The van der Waals surface area contributed by atoms with Crippen molar-refractivity contribution in [1.82, 2.24) is 0 Å². The molecular formula is C26H24ClNO5. The molecule has 0 heterocycles. The fraction of sp³-hybridized carbons (Fsp3) is 0.154. The molecule has 1 amide bonds. The van der Waals surface area contributed by atoms with E-state index >= 15 is 0 Å². The number of hydrogen-bond acceptors (Lipinski definition) is 5. The lowest BCUT2D eigenvalue weighted by atomic mass is 10.2. The van der Waals surface area contributed by atoms with Crippen LogP contribution in [0.1, 0.15) is 29.3 Å². The number of carbonyl (C=O) groups is 2. The van der Waals surface area contributed by atoms with Crippen molar-refractivity contribution >= 4 is 35.2 Å². The summed E-state index contributed by atoms with van der Waals surface area (Å²) in [6.07, 6.45) is 3.84. The first-order chi connectivity index (χ1) is 16.0. The average Bonchev–Trinajstić information content (AvgIpc) is 2.83. The highest BCUT2D eigenvalue weighted by molar-refractivity contribution is 6.30. The van der Waals surface area contributed by atoms with Crippen LogP contribution in [0.5, 0.6) is 17.2 Å². The molecule has 0 unspecified atom stereocenters. The van der Waals surface area contributed by atoms with Gasteiger partial charge in [-0.1, -0.05) is 24.6 Å². The minimum absolute atomic E-state index is 0.282. The molecule has 6 nitrogen and oxygen atoms in total. The van der Waals surface area contributed by atoms with Crippen molar-refractivity contribution in [2.45, 2.75) is 13.3 Å². The van der Waals surface area contributed by atoms with Gasteiger partial charge in [0.2, 0.25) is 0 Å². The van der Waals surface area contributed by atoms with E-state index in [2.05, 4.69) is 5.32 Å². The summed E-state index contributed by atoms with van der Waals surface area (Å²) in [6.45, 7) is 2.62. The van der Waals surface area contributed by atoms with Gasteiger partial charge in [0.25, 0.3) is 5.91 Å². The van der Waals surface area contributed by atoms with Crippen LogP contribution in [-0.2, 0) is 4.79 Å². The third-order valence-corrected chi connectivity index (χ3v) is 4.75. The van der Waals surface area contributed by atoms with Crippen molar-refractivity contribution in [3.05, 3.63) is 89.0 Å². The van der Waals surface area contributed by atoms with Gasteiger partial charge in [-0.25, -0.2) is 4.79 Å². The van der Waals surface area contributed by atoms with E-state index in [0.29, 0.717) is 40.1 Å². The molecule has 0 aliphatic carbocycles. The van der Waals surface area contributed by atoms with Gasteiger partial charge in [0.15, 0.2) is 11.5 Å². The molecule has 0 saturated carbocycles. The van der Waals surface area contributed by atoms with Gasteiger partial charge in [0, 0.05) is 22.3 Å². The van der Waals surface area contributed by atoms with Gasteiger partial charge >= 0.3 is 5.97 Å². The second-order valence-electron chi connectivity index (χ2n) is 7.00. The molecule has 170 valence electrons. The number of esters is 1. The van der Waals surface area contributed by atoms with E-state index in [0.717, 1.165) is 12.0 Å². The molecule has 0 bridgehead atoms. The number of hydrogen-bond donors (Lipinski definition) is 1. The van der Waals surface area contributed by atoms with E-state index in [1.54, 1.807) is 73.8 Å². The molecule has 0 spiro atoms. The van der Waals surface area contributed by atoms with Gasteiger partial charge in [0.1, 0.15) is 5.75 Å². The SMILES string of the molecule is CCCOc1ccc(/C=C/C(=O)Oc2ccc(C(=O)Nc3ccc(Cl)cc3)cc2)cc1OC. The highest BCUT2D eigenvalue weighted by Crippen LogP contribution is 2.28. The standard InChI is InChI=1S/C26H24ClNO5/c1-3-16-32-23-14-4-18(17-24(23)31-2)5-15-25(29)33-22-12-6-19(7-13-22)26(30)28-21-10-8-20(27)9-11-21/h4-15,17H,3,16H2,1-2H3,(H,28,30)/b15-5+. The lowest BCUT2D eigenvalue weighted by Crippen LogP contribution is -2.11. The summed E-state index contributed by atoms with van der Waals surface area (Å²) in [7, 11) is 1.56. The van der Waals surface area contributed by atoms with E-state index in [-0.39, 0.29) is 5.91 Å². The molecular weight excluding hydrogens is 442 g/mol. The Morgan fingerprint density at radius 2 is 1.70 bits per heavy atom. The minimum Gasteiger partial charge on any atom is -0.493 e. The Kier molecular flexibility index (Phi) is 8.49. The van der Waals surface area contributed by atoms with Crippen LogP contribution >= 0.6 is 11.6 Å². The summed E-state index contributed by atoms with van der Waals surface area (Å²) in [5.74, 6) is 0.744. The second-order valence-corrected chi connectivity index (χ2v) is 7.44. The molecule has 33 heavy (non-hydrogen) atoms. The first-order valence-corrected chi connectivity index (χ1v) is 10.7. The molecule has 7 heteroatoms. The molecule has 3 aromatic rings. The quantitative estimate of drug-likeness (QED) is 0.238. The molecule has 0 atom stereocenters. The molecule has 0 fully saturated rings. The lowest BCUT2D eigenvalue weighted by molar-refractivity contribution is -0.128. The normalized spacial score (nSPS) is 10.6. The highest BCUT2D eigenvalue weighted by Gasteiger charge is 2.08. The Hall–Kier alpha value is -3.77. The second kappa shape index (κ2) is 11.7. The van der Waals surface area contributed by atoms with E-state index in [1.165, 1.54) is 6.08 Å². The molecule has 0 aliphatic rings. The van der Waals surface area contributed by atoms with E-state index < -0.39 is 5.97 Å². The summed E-state index contributed by atoms with van der Waals surface area (Å²) in [5, 5.41) is 3.36.